The Kier molecular flexibility index (Phi) is 3.17. The molecule has 2 rings (SSSR count). The smallest absolute Gasteiger partial charge is 0.130 e. The Morgan fingerprint density at radius 3 is 2.50 bits per heavy atom. The molecule has 0 spiro atoms. The summed E-state index contributed by atoms with van der Waals surface area (Å²) in [4.78, 5) is 4.11. The molecule has 0 aliphatic carbocycles. The average molecular weight is 214 g/mol. The van der Waals surface area contributed by atoms with Crippen LogP contribution in [0.5, 0.6) is 11.5 Å². The highest BCUT2D eigenvalue weighted by molar-refractivity contribution is 5.33. The van der Waals surface area contributed by atoms with Gasteiger partial charge in [-0.1, -0.05) is 12.1 Å². The van der Waals surface area contributed by atoms with Crippen LogP contribution < -0.4 is 10.5 Å². The highest BCUT2D eigenvalue weighted by Crippen LogP contribution is 2.21. The summed E-state index contributed by atoms with van der Waals surface area (Å²) in [6.45, 7) is 2.49. The second kappa shape index (κ2) is 4.77. The fraction of sp³-hybridized carbons (Fsp3) is 0.154. The Bertz CT molecular complexity index is 466. The highest BCUT2D eigenvalue weighted by Gasteiger charge is 1.97. The molecule has 2 aromatic rings. The molecule has 0 unspecified atom stereocenters. The number of hydrogen-bond acceptors (Lipinski definition) is 3. The van der Waals surface area contributed by atoms with E-state index in [9.17, 15) is 0 Å². The van der Waals surface area contributed by atoms with Gasteiger partial charge in [-0.2, -0.15) is 0 Å². The van der Waals surface area contributed by atoms with Gasteiger partial charge in [-0.05, 0) is 30.7 Å². The van der Waals surface area contributed by atoms with Crippen LogP contribution in [0.4, 0.5) is 0 Å². The van der Waals surface area contributed by atoms with E-state index in [-0.39, 0.29) is 0 Å². The molecule has 0 fully saturated rings. The summed E-state index contributed by atoms with van der Waals surface area (Å²) in [5.74, 6) is 1.61. The summed E-state index contributed by atoms with van der Waals surface area (Å²) in [6.07, 6.45) is 1.74. The minimum absolute atomic E-state index is 0.550. The molecule has 1 aromatic heterocycles. The molecule has 0 saturated heterocycles. The van der Waals surface area contributed by atoms with Gasteiger partial charge in [0.2, 0.25) is 0 Å². The van der Waals surface area contributed by atoms with Crippen LogP contribution in [0.3, 0.4) is 0 Å². The predicted octanol–water partition coefficient (Wildman–Crippen LogP) is 2.64. The van der Waals surface area contributed by atoms with E-state index in [1.165, 1.54) is 0 Å². The molecule has 0 saturated carbocycles. The SMILES string of the molecule is Cc1cc(Oc2ccc(CN)cc2)ccn1. The van der Waals surface area contributed by atoms with Crippen molar-refractivity contribution >= 4 is 0 Å². The Labute approximate surface area is 94.9 Å². The second-order valence-electron chi connectivity index (χ2n) is 3.58. The first-order valence-corrected chi connectivity index (χ1v) is 5.17. The Balaban J connectivity index is 2.14. The predicted molar refractivity (Wildman–Crippen MR) is 63.4 cm³/mol. The zero-order chi connectivity index (χ0) is 11.4. The fourth-order valence-corrected chi connectivity index (χ4v) is 1.41. The number of hydrogen-bond donors (Lipinski definition) is 1. The lowest BCUT2D eigenvalue weighted by atomic mass is 10.2. The lowest BCUT2D eigenvalue weighted by Gasteiger charge is -2.06. The maximum atomic E-state index is 5.68. The first-order valence-electron chi connectivity index (χ1n) is 5.17. The van der Waals surface area contributed by atoms with Crippen LogP contribution >= 0.6 is 0 Å². The maximum absolute atomic E-state index is 5.68. The molecule has 0 bridgehead atoms. The number of ether oxygens (including phenoxy) is 1. The molecule has 0 atom stereocenters. The lowest BCUT2D eigenvalue weighted by molar-refractivity contribution is 0.481. The summed E-state index contributed by atoms with van der Waals surface area (Å²) >= 11 is 0. The van der Waals surface area contributed by atoms with Crippen LogP contribution in [0, 0.1) is 6.92 Å². The molecule has 82 valence electrons. The van der Waals surface area contributed by atoms with E-state index in [2.05, 4.69) is 4.98 Å². The van der Waals surface area contributed by atoms with Gasteiger partial charge >= 0.3 is 0 Å². The molecule has 3 heteroatoms. The molecular formula is C13H14N2O. The van der Waals surface area contributed by atoms with Gasteiger partial charge in [0.1, 0.15) is 11.5 Å². The third kappa shape index (κ3) is 2.58. The monoisotopic (exact) mass is 214 g/mol. The molecule has 16 heavy (non-hydrogen) atoms. The van der Waals surface area contributed by atoms with Gasteiger partial charge < -0.3 is 10.5 Å². The van der Waals surface area contributed by atoms with E-state index in [4.69, 9.17) is 10.5 Å². The van der Waals surface area contributed by atoms with Crippen molar-refractivity contribution in [3.05, 3.63) is 53.9 Å². The first-order chi connectivity index (χ1) is 7.78. The molecular weight excluding hydrogens is 200 g/mol. The molecule has 1 heterocycles. The Hall–Kier alpha value is -1.87. The van der Waals surface area contributed by atoms with Gasteiger partial charge in [0.15, 0.2) is 0 Å². The summed E-state index contributed by atoms with van der Waals surface area (Å²) in [5.41, 5.74) is 7.56. The van der Waals surface area contributed by atoms with Crippen LogP contribution in [0.25, 0.3) is 0 Å². The summed E-state index contributed by atoms with van der Waals surface area (Å²) < 4.78 is 5.68. The second-order valence-corrected chi connectivity index (χ2v) is 3.58. The van der Waals surface area contributed by atoms with Crippen LogP contribution in [0.1, 0.15) is 11.3 Å². The van der Waals surface area contributed by atoms with Crippen LogP contribution in [0.15, 0.2) is 42.6 Å². The van der Waals surface area contributed by atoms with Crippen molar-refractivity contribution in [2.45, 2.75) is 13.5 Å². The largest absolute Gasteiger partial charge is 0.457 e. The average Bonchev–Trinajstić information content (AvgIpc) is 2.30. The molecule has 0 aliphatic rings. The summed E-state index contributed by atoms with van der Waals surface area (Å²) in [5, 5.41) is 0. The van der Waals surface area contributed by atoms with Crippen LogP contribution in [0.2, 0.25) is 0 Å². The molecule has 1 aromatic carbocycles. The van der Waals surface area contributed by atoms with Crippen molar-refractivity contribution in [3.63, 3.8) is 0 Å². The topological polar surface area (TPSA) is 48.1 Å². The van der Waals surface area contributed by atoms with Crippen molar-refractivity contribution in [1.82, 2.24) is 4.98 Å². The molecule has 2 N–H and O–H groups in total. The van der Waals surface area contributed by atoms with Gasteiger partial charge in [-0.15, -0.1) is 0 Å². The van der Waals surface area contributed by atoms with Gasteiger partial charge in [0.05, 0.1) is 0 Å². The lowest BCUT2D eigenvalue weighted by Crippen LogP contribution is -1.95. The number of rotatable bonds is 3. The van der Waals surface area contributed by atoms with Gasteiger partial charge in [-0.3, -0.25) is 4.98 Å². The third-order valence-electron chi connectivity index (χ3n) is 2.26. The minimum Gasteiger partial charge on any atom is -0.457 e. The Morgan fingerprint density at radius 2 is 1.88 bits per heavy atom. The summed E-state index contributed by atoms with van der Waals surface area (Å²) in [7, 11) is 0. The van der Waals surface area contributed by atoms with Gasteiger partial charge in [0.25, 0.3) is 0 Å². The number of nitrogens with two attached hydrogens (primary N) is 1. The minimum atomic E-state index is 0.550. The van der Waals surface area contributed by atoms with E-state index >= 15 is 0 Å². The fourth-order valence-electron chi connectivity index (χ4n) is 1.41. The Morgan fingerprint density at radius 1 is 1.12 bits per heavy atom. The van der Waals surface area contributed by atoms with E-state index in [0.29, 0.717) is 6.54 Å². The van der Waals surface area contributed by atoms with E-state index in [0.717, 1.165) is 22.8 Å². The third-order valence-corrected chi connectivity index (χ3v) is 2.26. The number of nitrogens with zero attached hydrogens (tertiary/aromatic N) is 1. The van der Waals surface area contributed by atoms with Crippen LogP contribution in [-0.4, -0.2) is 4.98 Å². The van der Waals surface area contributed by atoms with Crippen molar-refractivity contribution in [3.8, 4) is 11.5 Å². The zero-order valence-corrected chi connectivity index (χ0v) is 9.18. The molecule has 3 nitrogen and oxygen atoms in total. The van der Waals surface area contributed by atoms with Crippen LogP contribution in [-0.2, 0) is 6.54 Å². The number of benzene rings is 1. The van der Waals surface area contributed by atoms with Crippen molar-refractivity contribution < 1.29 is 4.74 Å². The molecule has 0 radical (unpaired) electrons. The van der Waals surface area contributed by atoms with Crippen molar-refractivity contribution in [1.29, 1.82) is 0 Å². The standard InChI is InChI=1S/C13H14N2O/c1-10-8-13(6-7-15-10)16-12-4-2-11(9-14)3-5-12/h2-8H,9,14H2,1H3. The first kappa shape index (κ1) is 10.6. The number of aryl methyl sites for hydroxylation is 1. The normalized spacial score (nSPS) is 10.1. The van der Waals surface area contributed by atoms with E-state index in [1.54, 1.807) is 6.20 Å². The number of pyridine rings is 1. The van der Waals surface area contributed by atoms with Gasteiger partial charge in [-0.25, -0.2) is 0 Å². The highest BCUT2D eigenvalue weighted by atomic mass is 16.5. The summed E-state index contributed by atoms with van der Waals surface area (Å²) in [6, 6.07) is 11.5. The molecule has 0 aliphatic heterocycles. The van der Waals surface area contributed by atoms with Gasteiger partial charge in [0, 0.05) is 24.5 Å². The van der Waals surface area contributed by atoms with Crippen molar-refractivity contribution in [2.75, 3.05) is 0 Å². The van der Waals surface area contributed by atoms with Crippen molar-refractivity contribution in [2.24, 2.45) is 5.73 Å². The maximum Gasteiger partial charge on any atom is 0.130 e. The number of aromatic nitrogens is 1. The van der Waals surface area contributed by atoms with E-state index in [1.807, 2.05) is 43.3 Å². The molecule has 0 amide bonds. The zero-order valence-electron chi connectivity index (χ0n) is 9.18. The quantitative estimate of drug-likeness (QED) is 0.854. The van der Waals surface area contributed by atoms with E-state index < -0.39 is 0 Å².